The molecule has 0 unspecified atom stereocenters. The van der Waals surface area contributed by atoms with E-state index >= 15 is 0 Å². The Hall–Kier alpha value is -2.09. The van der Waals surface area contributed by atoms with Crippen LogP contribution in [0.25, 0.3) is 5.57 Å². The smallest absolute Gasteiger partial charge is 0.417 e. The Bertz CT molecular complexity index is 643. The number of aromatic nitrogens is 1. The molecule has 0 atom stereocenters. The van der Waals surface area contributed by atoms with Crippen LogP contribution in [0.3, 0.4) is 0 Å². The number of Topliss-reactive ketones (excluding diaryl/α,β-unsaturated/α-hetero) is 1. The Balaban J connectivity index is 3.35. The molecule has 0 radical (unpaired) electrons. The molecule has 126 valence electrons. The Morgan fingerprint density at radius 1 is 1.39 bits per heavy atom. The van der Waals surface area contributed by atoms with Gasteiger partial charge < -0.3 is 9.64 Å². The van der Waals surface area contributed by atoms with Crippen LogP contribution < -0.4 is 0 Å². The standard InChI is InChI=1S/C14H14ClF3N2O3/c1-4-23-13(22)12(21)9(7-20(2)3)11-10(15)5-8(6-19-11)14(16,17)18/h5-7H,4H2,1-3H3/b9-7+. The van der Waals surface area contributed by atoms with Crippen LogP contribution >= 0.6 is 11.6 Å². The number of ether oxygens (including phenoxy) is 1. The Morgan fingerprint density at radius 2 is 2.00 bits per heavy atom. The van der Waals surface area contributed by atoms with Gasteiger partial charge in [0.15, 0.2) is 0 Å². The molecule has 0 aliphatic rings. The van der Waals surface area contributed by atoms with E-state index in [1.807, 2.05) is 0 Å². The van der Waals surface area contributed by atoms with Crippen LogP contribution in [0.2, 0.25) is 5.02 Å². The lowest BCUT2D eigenvalue weighted by molar-refractivity contribution is -0.150. The summed E-state index contributed by atoms with van der Waals surface area (Å²) >= 11 is 5.81. The van der Waals surface area contributed by atoms with E-state index in [4.69, 9.17) is 11.6 Å². The van der Waals surface area contributed by atoms with Gasteiger partial charge in [-0.2, -0.15) is 13.2 Å². The van der Waals surface area contributed by atoms with Gasteiger partial charge >= 0.3 is 12.1 Å². The number of hydrogen-bond donors (Lipinski definition) is 0. The number of alkyl halides is 3. The summed E-state index contributed by atoms with van der Waals surface area (Å²) in [5.74, 6) is -2.19. The van der Waals surface area contributed by atoms with Crippen molar-refractivity contribution in [1.82, 2.24) is 9.88 Å². The first-order chi connectivity index (χ1) is 10.6. The van der Waals surface area contributed by atoms with E-state index in [0.717, 1.165) is 0 Å². The molecule has 1 aromatic heterocycles. The van der Waals surface area contributed by atoms with E-state index in [1.165, 1.54) is 18.0 Å². The monoisotopic (exact) mass is 350 g/mol. The molecule has 9 heteroatoms. The van der Waals surface area contributed by atoms with Crippen molar-refractivity contribution in [2.24, 2.45) is 0 Å². The van der Waals surface area contributed by atoms with Crippen LogP contribution in [0.4, 0.5) is 13.2 Å². The van der Waals surface area contributed by atoms with Gasteiger partial charge in [0.05, 0.1) is 28.5 Å². The van der Waals surface area contributed by atoms with Crippen LogP contribution in [-0.4, -0.2) is 42.3 Å². The van der Waals surface area contributed by atoms with Crippen LogP contribution in [0, 0.1) is 0 Å². The number of nitrogens with zero attached hydrogens (tertiary/aromatic N) is 2. The maximum atomic E-state index is 12.6. The summed E-state index contributed by atoms with van der Waals surface area (Å²) in [4.78, 5) is 28.7. The van der Waals surface area contributed by atoms with E-state index in [-0.39, 0.29) is 17.9 Å². The number of halogens is 4. The fraction of sp³-hybridized carbons (Fsp3) is 0.357. The average molecular weight is 351 g/mol. The summed E-state index contributed by atoms with van der Waals surface area (Å²) in [7, 11) is 3.13. The largest absolute Gasteiger partial charge is 0.460 e. The molecule has 1 rings (SSSR count). The van der Waals surface area contributed by atoms with Gasteiger partial charge in [0, 0.05) is 26.5 Å². The molecule has 1 heterocycles. The zero-order valence-electron chi connectivity index (χ0n) is 12.6. The van der Waals surface area contributed by atoms with Crippen molar-refractivity contribution in [2.45, 2.75) is 13.1 Å². The van der Waals surface area contributed by atoms with E-state index in [1.54, 1.807) is 14.1 Å². The summed E-state index contributed by atoms with van der Waals surface area (Å²) in [6, 6.07) is 0.645. The van der Waals surface area contributed by atoms with Gasteiger partial charge in [-0.3, -0.25) is 9.78 Å². The minimum absolute atomic E-state index is 0.0199. The number of pyridine rings is 1. The predicted octanol–water partition coefficient (Wildman–Crippen LogP) is 2.79. The van der Waals surface area contributed by atoms with Crippen LogP contribution in [-0.2, 0) is 20.5 Å². The minimum Gasteiger partial charge on any atom is -0.460 e. The quantitative estimate of drug-likeness (QED) is 0.464. The number of carbonyl (C=O) groups excluding carboxylic acids is 2. The molecule has 0 aromatic carbocycles. The summed E-state index contributed by atoms with van der Waals surface area (Å²) in [5.41, 5.74) is -1.54. The molecule has 0 aliphatic carbocycles. The highest BCUT2D eigenvalue weighted by Gasteiger charge is 2.33. The molecule has 0 bridgehead atoms. The van der Waals surface area contributed by atoms with E-state index in [9.17, 15) is 22.8 Å². The van der Waals surface area contributed by atoms with Crippen molar-refractivity contribution < 1.29 is 27.5 Å². The highest BCUT2D eigenvalue weighted by atomic mass is 35.5. The van der Waals surface area contributed by atoms with Crippen LogP contribution in [0.1, 0.15) is 18.2 Å². The number of carbonyl (C=O) groups is 2. The highest BCUT2D eigenvalue weighted by Crippen LogP contribution is 2.33. The highest BCUT2D eigenvalue weighted by molar-refractivity contribution is 6.52. The molecule has 0 spiro atoms. The molecule has 5 nitrogen and oxygen atoms in total. The Morgan fingerprint density at radius 3 is 2.43 bits per heavy atom. The van der Waals surface area contributed by atoms with Crippen LogP contribution in [0.15, 0.2) is 18.5 Å². The molecule has 1 aromatic rings. The van der Waals surface area contributed by atoms with Gasteiger partial charge in [0.2, 0.25) is 0 Å². The number of hydrogen-bond acceptors (Lipinski definition) is 5. The third-order valence-corrected chi connectivity index (χ3v) is 2.80. The second kappa shape index (κ2) is 7.45. The normalized spacial score (nSPS) is 12.0. The van der Waals surface area contributed by atoms with Gasteiger partial charge in [0.1, 0.15) is 0 Å². The van der Waals surface area contributed by atoms with Gasteiger partial charge in [-0.25, -0.2) is 4.79 Å². The molecule has 23 heavy (non-hydrogen) atoms. The minimum atomic E-state index is -4.62. The maximum Gasteiger partial charge on any atom is 0.417 e. The number of esters is 1. The molecule has 0 N–H and O–H groups in total. The lowest BCUT2D eigenvalue weighted by atomic mass is 10.1. The van der Waals surface area contributed by atoms with E-state index in [2.05, 4.69) is 9.72 Å². The van der Waals surface area contributed by atoms with Crippen LogP contribution in [0.5, 0.6) is 0 Å². The molecule has 0 amide bonds. The molecule has 0 saturated heterocycles. The second-order valence-electron chi connectivity index (χ2n) is 4.61. The molecular weight excluding hydrogens is 337 g/mol. The Kier molecular flexibility index (Phi) is 6.14. The second-order valence-corrected chi connectivity index (χ2v) is 5.02. The molecule has 0 saturated carbocycles. The summed E-state index contributed by atoms with van der Waals surface area (Å²) in [5, 5.41) is -0.398. The predicted molar refractivity (Wildman–Crippen MR) is 77.6 cm³/mol. The van der Waals surface area contributed by atoms with Crippen molar-refractivity contribution in [2.75, 3.05) is 20.7 Å². The first-order valence-electron chi connectivity index (χ1n) is 6.40. The molecule has 0 fully saturated rings. The topological polar surface area (TPSA) is 59.5 Å². The van der Waals surface area contributed by atoms with Gasteiger partial charge in [0.25, 0.3) is 5.78 Å². The summed E-state index contributed by atoms with van der Waals surface area (Å²) in [6.07, 6.45) is -2.84. The van der Waals surface area contributed by atoms with Crippen molar-refractivity contribution in [1.29, 1.82) is 0 Å². The Labute approximate surface area is 135 Å². The number of ketones is 1. The third kappa shape index (κ3) is 4.95. The summed E-state index contributed by atoms with van der Waals surface area (Å²) in [6.45, 7) is 1.50. The number of rotatable bonds is 5. The fourth-order valence-corrected chi connectivity index (χ4v) is 1.85. The average Bonchev–Trinajstić information content (AvgIpc) is 2.43. The lowest BCUT2D eigenvalue weighted by Gasteiger charge is -2.13. The molecular formula is C14H14ClF3N2O3. The maximum absolute atomic E-state index is 12.6. The SMILES string of the molecule is CCOC(=O)C(=O)/C(=C/N(C)C)c1ncc(C(F)(F)F)cc1Cl. The van der Waals surface area contributed by atoms with Crippen molar-refractivity contribution in [3.05, 3.63) is 34.7 Å². The van der Waals surface area contributed by atoms with Crippen molar-refractivity contribution in [3.63, 3.8) is 0 Å². The van der Waals surface area contributed by atoms with Gasteiger partial charge in [-0.15, -0.1) is 0 Å². The van der Waals surface area contributed by atoms with Crippen molar-refractivity contribution in [3.8, 4) is 0 Å². The van der Waals surface area contributed by atoms with Crippen molar-refractivity contribution >= 4 is 28.9 Å². The fourth-order valence-electron chi connectivity index (χ4n) is 1.58. The molecule has 0 aliphatic heterocycles. The van der Waals surface area contributed by atoms with E-state index in [0.29, 0.717) is 12.3 Å². The first kappa shape index (κ1) is 19.0. The van der Waals surface area contributed by atoms with Gasteiger partial charge in [-0.05, 0) is 13.0 Å². The zero-order valence-corrected chi connectivity index (χ0v) is 13.3. The zero-order chi connectivity index (χ0) is 17.8. The summed E-state index contributed by atoms with van der Waals surface area (Å²) < 4.78 is 42.5. The lowest BCUT2D eigenvalue weighted by Crippen LogP contribution is -2.21. The third-order valence-electron chi connectivity index (χ3n) is 2.52. The first-order valence-corrected chi connectivity index (χ1v) is 6.78. The van der Waals surface area contributed by atoms with E-state index < -0.39 is 28.5 Å². The van der Waals surface area contributed by atoms with Gasteiger partial charge in [-0.1, -0.05) is 11.6 Å².